The van der Waals surface area contributed by atoms with E-state index in [1.165, 1.54) is 23.9 Å². The second-order valence-electron chi connectivity index (χ2n) is 5.85. The summed E-state index contributed by atoms with van der Waals surface area (Å²) in [4.78, 5) is 28.5. The minimum absolute atomic E-state index is 0.0893. The van der Waals surface area contributed by atoms with E-state index >= 15 is 0 Å². The highest BCUT2D eigenvalue weighted by atomic mass is 16.5. The Morgan fingerprint density at radius 3 is 2.62 bits per heavy atom. The Bertz CT molecular complexity index is 963. The molecule has 3 rings (SSSR count). The highest BCUT2D eigenvalue weighted by Crippen LogP contribution is 2.16. The van der Waals surface area contributed by atoms with Crippen LogP contribution in [0.25, 0.3) is 5.65 Å². The summed E-state index contributed by atoms with van der Waals surface area (Å²) < 4.78 is 6.37. The van der Waals surface area contributed by atoms with E-state index in [1.807, 2.05) is 31.2 Å². The van der Waals surface area contributed by atoms with E-state index in [2.05, 4.69) is 15.4 Å². The molecule has 0 aliphatic carbocycles. The SMILES string of the molecule is COCc1nn2c(C(=O)NCc3ccc(C)cc3)ccnc2c1C(N)=O. The van der Waals surface area contributed by atoms with Gasteiger partial charge in [-0.2, -0.15) is 5.10 Å². The van der Waals surface area contributed by atoms with Gasteiger partial charge in [0, 0.05) is 19.9 Å². The van der Waals surface area contributed by atoms with Crippen molar-refractivity contribution in [3.8, 4) is 0 Å². The predicted octanol–water partition coefficient (Wildman–Crippen LogP) is 1.21. The lowest BCUT2D eigenvalue weighted by Crippen LogP contribution is -2.25. The molecule has 0 aliphatic rings. The number of nitrogens with one attached hydrogen (secondary N) is 1. The zero-order valence-corrected chi connectivity index (χ0v) is 14.5. The molecule has 8 heteroatoms. The Balaban J connectivity index is 1.91. The third kappa shape index (κ3) is 3.40. The zero-order valence-electron chi connectivity index (χ0n) is 14.5. The van der Waals surface area contributed by atoms with Crippen LogP contribution < -0.4 is 11.1 Å². The van der Waals surface area contributed by atoms with Crippen molar-refractivity contribution in [1.29, 1.82) is 0 Å². The van der Waals surface area contributed by atoms with Crippen molar-refractivity contribution in [2.45, 2.75) is 20.1 Å². The van der Waals surface area contributed by atoms with Gasteiger partial charge in [0.1, 0.15) is 17.0 Å². The van der Waals surface area contributed by atoms with Gasteiger partial charge in [-0.15, -0.1) is 0 Å². The van der Waals surface area contributed by atoms with Gasteiger partial charge in [0.2, 0.25) is 0 Å². The number of primary amides is 1. The van der Waals surface area contributed by atoms with Crippen LogP contribution >= 0.6 is 0 Å². The number of hydrogen-bond acceptors (Lipinski definition) is 5. The van der Waals surface area contributed by atoms with Crippen molar-refractivity contribution >= 4 is 17.5 Å². The first kappa shape index (κ1) is 17.6. The first-order valence-electron chi connectivity index (χ1n) is 8.00. The fraction of sp³-hybridized carbons (Fsp3) is 0.222. The molecule has 2 aromatic heterocycles. The van der Waals surface area contributed by atoms with E-state index in [4.69, 9.17) is 10.5 Å². The van der Waals surface area contributed by atoms with Crippen LogP contribution in [0.3, 0.4) is 0 Å². The topological polar surface area (TPSA) is 112 Å². The van der Waals surface area contributed by atoms with E-state index < -0.39 is 5.91 Å². The molecule has 0 atom stereocenters. The van der Waals surface area contributed by atoms with E-state index in [0.29, 0.717) is 12.2 Å². The maximum atomic E-state index is 12.6. The van der Waals surface area contributed by atoms with Crippen molar-refractivity contribution in [1.82, 2.24) is 19.9 Å². The van der Waals surface area contributed by atoms with Crippen LogP contribution in [-0.4, -0.2) is 33.5 Å². The van der Waals surface area contributed by atoms with Crippen LogP contribution in [0, 0.1) is 6.92 Å². The molecule has 8 nitrogen and oxygen atoms in total. The molecule has 1 aromatic carbocycles. The Morgan fingerprint density at radius 2 is 1.96 bits per heavy atom. The standard InChI is InChI=1S/C18H19N5O3/c1-11-3-5-12(6-4-11)9-21-18(25)14-7-8-20-17-15(16(19)24)13(10-26-2)22-23(14)17/h3-8H,9-10H2,1-2H3,(H2,19,24)(H,21,25). The Kier molecular flexibility index (Phi) is 4.94. The normalized spacial score (nSPS) is 10.8. The summed E-state index contributed by atoms with van der Waals surface area (Å²) in [6.07, 6.45) is 1.45. The predicted molar refractivity (Wildman–Crippen MR) is 94.6 cm³/mol. The lowest BCUT2D eigenvalue weighted by molar-refractivity contribution is 0.0941. The second-order valence-corrected chi connectivity index (χ2v) is 5.85. The smallest absolute Gasteiger partial charge is 0.270 e. The molecule has 0 bridgehead atoms. The fourth-order valence-corrected chi connectivity index (χ4v) is 2.63. The number of nitrogens with zero attached hydrogens (tertiary/aromatic N) is 3. The van der Waals surface area contributed by atoms with Crippen LogP contribution in [0.2, 0.25) is 0 Å². The summed E-state index contributed by atoms with van der Waals surface area (Å²) in [5.74, 6) is -1.00. The van der Waals surface area contributed by atoms with E-state index in [9.17, 15) is 9.59 Å². The van der Waals surface area contributed by atoms with Crippen LogP contribution in [0.5, 0.6) is 0 Å². The molecule has 0 spiro atoms. The number of aryl methyl sites for hydroxylation is 1. The third-order valence-corrected chi connectivity index (χ3v) is 3.92. The number of hydrogen-bond donors (Lipinski definition) is 2. The molecule has 26 heavy (non-hydrogen) atoms. The highest BCUT2D eigenvalue weighted by molar-refractivity contribution is 6.01. The number of methoxy groups -OCH3 is 1. The van der Waals surface area contributed by atoms with Crippen LogP contribution in [0.4, 0.5) is 0 Å². The summed E-state index contributed by atoms with van der Waals surface area (Å²) in [7, 11) is 1.48. The van der Waals surface area contributed by atoms with Crippen LogP contribution in [0.1, 0.15) is 37.7 Å². The number of fused-ring (bicyclic) bond motifs is 1. The first-order valence-corrected chi connectivity index (χ1v) is 8.00. The molecular weight excluding hydrogens is 334 g/mol. The maximum Gasteiger partial charge on any atom is 0.270 e. The Hall–Kier alpha value is -3.26. The summed E-state index contributed by atoms with van der Waals surface area (Å²) in [5.41, 5.74) is 8.55. The van der Waals surface area contributed by atoms with Gasteiger partial charge in [-0.1, -0.05) is 29.8 Å². The molecule has 0 fully saturated rings. The van der Waals surface area contributed by atoms with E-state index in [0.717, 1.165) is 11.1 Å². The number of ether oxygens (including phenoxy) is 1. The van der Waals surface area contributed by atoms with Crippen molar-refractivity contribution in [3.05, 3.63) is 64.6 Å². The second kappa shape index (κ2) is 7.32. The van der Waals surface area contributed by atoms with Gasteiger partial charge in [0.05, 0.1) is 6.61 Å². The van der Waals surface area contributed by atoms with Crippen molar-refractivity contribution < 1.29 is 14.3 Å². The molecule has 3 N–H and O–H groups in total. The molecule has 0 radical (unpaired) electrons. The molecular formula is C18H19N5O3. The number of amides is 2. The quantitative estimate of drug-likeness (QED) is 0.692. The van der Waals surface area contributed by atoms with E-state index in [1.54, 1.807) is 0 Å². The van der Waals surface area contributed by atoms with Gasteiger partial charge in [0.25, 0.3) is 11.8 Å². The minimum Gasteiger partial charge on any atom is -0.378 e. The van der Waals surface area contributed by atoms with Gasteiger partial charge in [-0.3, -0.25) is 9.59 Å². The number of carbonyl (C=O) groups is 2. The van der Waals surface area contributed by atoms with Crippen LogP contribution in [-0.2, 0) is 17.9 Å². The summed E-state index contributed by atoms with van der Waals surface area (Å²) in [6, 6.07) is 9.40. The monoisotopic (exact) mass is 353 g/mol. The third-order valence-electron chi connectivity index (χ3n) is 3.92. The van der Waals surface area contributed by atoms with Crippen molar-refractivity contribution in [2.75, 3.05) is 7.11 Å². The molecule has 134 valence electrons. The lowest BCUT2D eigenvalue weighted by atomic mass is 10.1. The minimum atomic E-state index is -0.670. The Labute approximate surface area is 150 Å². The van der Waals surface area contributed by atoms with Crippen molar-refractivity contribution in [3.63, 3.8) is 0 Å². The lowest BCUT2D eigenvalue weighted by Gasteiger charge is -2.07. The maximum absolute atomic E-state index is 12.6. The molecule has 0 saturated heterocycles. The largest absolute Gasteiger partial charge is 0.378 e. The van der Waals surface area contributed by atoms with E-state index in [-0.39, 0.29) is 29.4 Å². The fourth-order valence-electron chi connectivity index (χ4n) is 2.63. The summed E-state index contributed by atoms with van der Waals surface area (Å²) in [6.45, 7) is 2.46. The molecule has 0 unspecified atom stereocenters. The van der Waals surface area contributed by atoms with Gasteiger partial charge >= 0.3 is 0 Å². The first-order chi connectivity index (χ1) is 12.5. The summed E-state index contributed by atoms with van der Waals surface area (Å²) in [5, 5.41) is 7.12. The molecule has 0 aliphatic heterocycles. The molecule has 3 aromatic rings. The van der Waals surface area contributed by atoms with Gasteiger partial charge in [0.15, 0.2) is 5.65 Å². The molecule has 2 heterocycles. The van der Waals surface area contributed by atoms with Crippen molar-refractivity contribution in [2.24, 2.45) is 5.73 Å². The molecule has 0 saturated carbocycles. The summed E-state index contributed by atoms with van der Waals surface area (Å²) >= 11 is 0. The number of nitrogens with two attached hydrogens (primary N) is 1. The zero-order chi connectivity index (χ0) is 18.7. The van der Waals surface area contributed by atoms with Gasteiger partial charge in [-0.05, 0) is 18.6 Å². The average Bonchev–Trinajstić information content (AvgIpc) is 2.99. The number of aromatic nitrogens is 3. The average molecular weight is 353 g/mol. The van der Waals surface area contributed by atoms with Gasteiger partial charge < -0.3 is 15.8 Å². The number of benzene rings is 1. The highest BCUT2D eigenvalue weighted by Gasteiger charge is 2.22. The number of rotatable bonds is 6. The van der Waals surface area contributed by atoms with Crippen LogP contribution in [0.15, 0.2) is 36.5 Å². The van der Waals surface area contributed by atoms with Gasteiger partial charge in [-0.25, -0.2) is 9.50 Å². The number of carbonyl (C=O) groups excluding carboxylic acids is 2. The molecule has 2 amide bonds. The Morgan fingerprint density at radius 1 is 1.23 bits per heavy atom.